The third-order valence-electron chi connectivity index (χ3n) is 6.64. The largest absolute Gasteiger partial charge is 0.497 e. The van der Waals surface area contributed by atoms with Crippen LogP contribution in [0.4, 0.5) is 5.82 Å². The van der Waals surface area contributed by atoms with Gasteiger partial charge in [0.05, 0.1) is 20.8 Å². The number of aryl methyl sites for hydroxylation is 1. The second kappa shape index (κ2) is 11.1. The molecule has 0 spiro atoms. The molecule has 210 valence electrons. The van der Waals surface area contributed by atoms with E-state index in [2.05, 4.69) is 30.7 Å². The number of anilines is 1. The second-order valence-corrected chi connectivity index (χ2v) is 9.39. The number of hydrogen-bond acceptors (Lipinski definition) is 12. The van der Waals surface area contributed by atoms with Crippen molar-refractivity contribution in [2.75, 3.05) is 38.8 Å². The third-order valence-corrected chi connectivity index (χ3v) is 6.64. The van der Waals surface area contributed by atoms with E-state index in [0.29, 0.717) is 59.8 Å². The van der Waals surface area contributed by atoms with Gasteiger partial charge in [0.25, 0.3) is 5.88 Å². The molecule has 1 aliphatic rings. The molecule has 0 unspecified atom stereocenters. The number of piperazine rings is 1. The Morgan fingerprint density at radius 2 is 1.80 bits per heavy atom. The minimum atomic E-state index is 0.0315. The maximum atomic E-state index is 12.8. The number of fused-ring (bicyclic) bond motifs is 1. The zero-order chi connectivity index (χ0) is 28.3. The number of carbonyl (C=O) groups is 1. The highest BCUT2D eigenvalue weighted by Gasteiger charge is 2.25. The first-order chi connectivity index (χ1) is 20.0. The molecule has 1 saturated heterocycles. The van der Waals surface area contributed by atoms with Gasteiger partial charge < -0.3 is 28.5 Å². The molecular formula is C27H27N9O5. The second-order valence-electron chi connectivity index (χ2n) is 9.39. The lowest BCUT2D eigenvalue weighted by Crippen LogP contribution is -2.50. The summed E-state index contributed by atoms with van der Waals surface area (Å²) in [6, 6.07) is 14.8. The van der Waals surface area contributed by atoms with E-state index in [1.54, 1.807) is 26.2 Å². The molecule has 14 heteroatoms. The van der Waals surface area contributed by atoms with Gasteiger partial charge in [-0.3, -0.25) is 4.79 Å². The molecule has 1 aliphatic heterocycles. The van der Waals surface area contributed by atoms with E-state index in [1.807, 2.05) is 46.2 Å². The van der Waals surface area contributed by atoms with Crippen LogP contribution in [0.25, 0.3) is 17.2 Å². The zero-order valence-electron chi connectivity index (χ0n) is 22.7. The number of amides is 1. The predicted molar refractivity (Wildman–Crippen MR) is 145 cm³/mol. The molecule has 0 bridgehead atoms. The number of rotatable bonds is 9. The number of carbonyl (C=O) groups excluding carboxylic acids is 1. The summed E-state index contributed by atoms with van der Waals surface area (Å²) >= 11 is 0. The van der Waals surface area contributed by atoms with Crippen molar-refractivity contribution in [1.29, 1.82) is 0 Å². The van der Waals surface area contributed by atoms with Crippen molar-refractivity contribution in [3.05, 3.63) is 65.5 Å². The Hall–Kier alpha value is -5.27. The molecule has 1 aromatic carbocycles. The number of ether oxygens (including phenoxy) is 3. The summed E-state index contributed by atoms with van der Waals surface area (Å²) in [6.45, 7) is 3.91. The monoisotopic (exact) mass is 557 g/mol. The SMILES string of the molecule is COc1ccc(CN2CCN(c3ccc(COc4nn5c(-c6cc(C)on6)nnc5cc4OC)nn3)CC2=O)cc1. The van der Waals surface area contributed by atoms with Gasteiger partial charge in [-0.05, 0) is 36.8 Å². The highest BCUT2D eigenvalue weighted by molar-refractivity contribution is 5.82. The number of nitrogens with zero attached hydrogens (tertiary/aromatic N) is 9. The van der Waals surface area contributed by atoms with Crippen LogP contribution in [0.15, 0.2) is 53.1 Å². The summed E-state index contributed by atoms with van der Waals surface area (Å²) in [5, 5.41) is 25.4. The molecular weight excluding hydrogens is 530 g/mol. The zero-order valence-corrected chi connectivity index (χ0v) is 22.7. The molecule has 1 amide bonds. The van der Waals surface area contributed by atoms with E-state index in [-0.39, 0.29) is 24.9 Å². The van der Waals surface area contributed by atoms with Crippen LogP contribution >= 0.6 is 0 Å². The van der Waals surface area contributed by atoms with Crippen LogP contribution in [0.3, 0.4) is 0 Å². The van der Waals surface area contributed by atoms with Crippen molar-refractivity contribution in [1.82, 2.24) is 40.1 Å². The number of benzene rings is 1. The van der Waals surface area contributed by atoms with E-state index in [0.717, 1.165) is 11.3 Å². The molecule has 14 nitrogen and oxygen atoms in total. The van der Waals surface area contributed by atoms with E-state index < -0.39 is 0 Å². The summed E-state index contributed by atoms with van der Waals surface area (Å²) in [6.07, 6.45) is 0. The Kier molecular flexibility index (Phi) is 7.02. The molecule has 1 fully saturated rings. The van der Waals surface area contributed by atoms with Crippen molar-refractivity contribution >= 4 is 17.4 Å². The van der Waals surface area contributed by atoms with Crippen LogP contribution in [0.5, 0.6) is 17.4 Å². The fourth-order valence-corrected chi connectivity index (χ4v) is 4.44. The number of methoxy groups -OCH3 is 2. The minimum Gasteiger partial charge on any atom is -0.497 e. The topological polar surface area (TPSA) is 146 Å². The first-order valence-electron chi connectivity index (χ1n) is 12.9. The molecule has 5 heterocycles. The molecule has 0 atom stereocenters. The van der Waals surface area contributed by atoms with Gasteiger partial charge in [0.15, 0.2) is 22.9 Å². The van der Waals surface area contributed by atoms with E-state index in [4.69, 9.17) is 18.7 Å². The predicted octanol–water partition coefficient (Wildman–Crippen LogP) is 2.32. The quantitative estimate of drug-likeness (QED) is 0.262. The van der Waals surface area contributed by atoms with E-state index >= 15 is 0 Å². The van der Waals surface area contributed by atoms with Crippen molar-refractivity contribution in [3.8, 4) is 28.9 Å². The van der Waals surface area contributed by atoms with Crippen molar-refractivity contribution in [2.45, 2.75) is 20.1 Å². The summed E-state index contributed by atoms with van der Waals surface area (Å²) in [5.74, 6) is 3.12. The normalized spacial score (nSPS) is 13.6. The fraction of sp³-hybridized carbons (Fsp3) is 0.296. The molecule has 5 aromatic rings. The van der Waals surface area contributed by atoms with Crippen LogP contribution in [-0.4, -0.2) is 79.8 Å². The highest BCUT2D eigenvalue weighted by Crippen LogP contribution is 2.28. The van der Waals surface area contributed by atoms with Gasteiger partial charge in [-0.15, -0.1) is 25.5 Å². The Morgan fingerprint density at radius 3 is 2.49 bits per heavy atom. The van der Waals surface area contributed by atoms with Gasteiger partial charge in [-0.1, -0.05) is 17.3 Å². The standard InChI is InChI=1S/C27H27N9O5/c1-17-12-21(33-41-17)26-31-30-24-13-22(39-3)27(32-36(24)26)40-16-19-6-9-23(29-28-19)34-10-11-35(25(37)15-34)14-18-4-7-20(38-2)8-5-18/h4-9,12-13H,10-11,14-16H2,1-3H3. The van der Waals surface area contributed by atoms with Crippen molar-refractivity contribution in [3.63, 3.8) is 0 Å². The van der Waals surface area contributed by atoms with Crippen LogP contribution in [0, 0.1) is 6.92 Å². The number of hydrogen-bond donors (Lipinski definition) is 0. The molecule has 0 saturated carbocycles. The maximum Gasteiger partial charge on any atom is 0.275 e. The Labute approximate surface area is 234 Å². The van der Waals surface area contributed by atoms with Gasteiger partial charge in [0.2, 0.25) is 11.7 Å². The van der Waals surface area contributed by atoms with Crippen molar-refractivity contribution < 1.29 is 23.5 Å². The van der Waals surface area contributed by atoms with Gasteiger partial charge in [0, 0.05) is 31.8 Å². The summed E-state index contributed by atoms with van der Waals surface area (Å²) in [7, 11) is 3.15. The molecule has 0 aliphatic carbocycles. The molecule has 0 radical (unpaired) electrons. The Morgan fingerprint density at radius 1 is 0.951 bits per heavy atom. The lowest BCUT2D eigenvalue weighted by molar-refractivity contribution is -0.131. The van der Waals surface area contributed by atoms with Crippen LogP contribution in [0.2, 0.25) is 0 Å². The average molecular weight is 558 g/mol. The van der Waals surface area contributed by atoms with Gasteiger partial charge >= 0.3 is 0 Å². The first kappa shape index (κ1) is 26.0. The van der Waals surface area contributed by atoms with Gasteiger partial charge in [-0.25, -0.2) is 0 Å². The van der Waals surface area contributed by atoms with Crippen LogP contribution in [0.1, 0.15) is 17.0 Å². The lowest BCUT2D eigenvalue weighted by atomic mass is 10.2. The first-order valence-corrected chi connectivity index (χ1v) is 12.9. The van der Waals surface area contributed by atoms with Gasteiger partial charge in [-0.2, -0.15) is 4.52 Å². The fourth-order valence-electron chi connectivity index (χ4n) is 4.44. The lowest BCUT2D eigenvalue weighted by Gasteiger charge is -2.34. The van der Waals surface area contributed by atoms with E-state index in [9.17, 15) is 4.79 Å². The summed E-state index contributed by atoms with van der Waals surface area (Å²) in [4.78, 5) is 16.6. The smallest absolute Gasteiger partial charge is 0.275 e. The maximum absolute atomic E-state index is 12.8. The van der Waals surface area contributed by atoms with Gasteiger partial charge in [0.1, 0.15) is 23.8 Å². The highest BCUT2D eigenvalue weighted by atomic mass is 16.5. The molecule has 4 aromatic heterocycles. The summed E-state index contributed by atoms with van der Waals surface area (Å²) in [5.41, 5.74) is 2.60. The number of aromatic nitrogens is 7. The van der Waals surface area contributed by atoms with E-state index in [1.165, 1.54) is 11.6 Å². The van der Waals surface area contributed by atoms with Crippen LogP contribution in [-0.2, 0) is 17.9 Å². The molecule has 0 N–H and O–H groups in total. The third kappa shape index (κ3) is 5.44. The van der Waals surface area contributed by atoms with Crippen LogP contribution < -0.4 is 19.1 Å². The molecule has 6 rings (SSSR count). The summed E-state index contributed by atoms with van der Waals surface area (Å²) < 4.78 is 23.2. The minimum absolute atomic E-state index is 0.0315. The van der Waals surface area contributed by atoms with Crippen molar-refractivity contribution in [2.24, 2.45) is 0 Å². The Bertz CT molecular complexity index is 1670. The average Bonchev–Trinajstić information content (AvgIpc) is 3.62. The molecule has 41 heavy (non-hydrogen) atoms. The Balaban J connectivity index is 1.09.